The van der Waals surface area contributed by atoms with Gasteiger partial charge in [0, 0.05) is 5.69 Å². The lowest BCUT2D eigenvalue weighted by molar-refractivity contribution is -0.122. The third kappa shape index (κ3) is 3.48. The van der Waals surface area contributed by atoms with Crippen LogP contribution in [0, 0.1) is 0 Å². The van der Waals surface area contributed by atoms with Gasteiger partial charge in [-0.3, -0.25) is 4.79 Å². The molecule has 0 bridgehead atoms. The van der Waals surface area contributed by atoms with Gasteiger partial charge in [0.1, 0.15) is 6.04 Å². The molecule has 0 saturated heterocycles. The van der Waals surface area contributed by atoms with E-state index >= 15 is 0 Å². The Morgan fingerprint density at radius 2 is 1.71 bits per heavy atom. The fourth-order valence-electron chi connectivity index (χ4n) is 2.60. The number of nitrogens with one attached hydrogen (secondary N) is 4. The number of carbonyl (C=O) groups is 1. The summed E-state index contributed by atoms with van der Waals surface area (Å²) in [6.45, 7) is 3.76. The molecule has 24 heavy (non-hydrogen) atoms. The summed E-state index contributed by atoms with van der Waals surface area (Å²) in [6, 6.07) is 14.8. The van der Waals surface area contributed by atoms with E-state index in [4.69, 9.17) is 0 Å². The number of fused-ring (bicyclic) bond motifs is 1. The molecule has 3 rings (SSSR count). The maximum absolute atomic E-state index is 12.4. The van der Waals surface area contributed by atoms with Gasteiger partial charge < -0.3 is 20.6 Å². The first-order valence-corrected chi connectivity index (χ1v) is 7.87. The number of rotatable bonds is 5. The molecule has 6 heteroatoms. The molecule has 0 radical (unpaired) electrons. The van der Waals surface area contributed by atoms with Gasteiger partial charge in [-0.1, -0.05) is 30.3 Å². The van der Waals surface area contributed by atoms with Crippen LogP contribution in [0.15, 0.2) is 53.3 Å². The number of aromatic nitrogens is 2. The smallest absolute Gasteiger partial charge is 0.323 e. The molecule has 2 aromatic carbocycles. The number of amides is 1. The minimum atomic E-state index is -0.403. The normalized spacial score (nSPS) is 13.4. The highest BCUT2D eigenvalue weighted by atomic mass is 16.2. The van der Waals surface area contributed by atoms with Crippen molar-refractivity contribution < 1.29 is 4.79 Å². The van der Waals surface area contributed by atoms with Crippen molar-refractivity contribution in [2.75, 3.05) is 5.32 Å². The molecule has 1 heterocycles. The highest BCUT2D eigenvalue weighted by molar-refractivity contribution is 5.86. The van der Waals surface area contributed by atoms with Gasteiger partial charge in [0.15, 0.2) is 0 Å². The van der Waals surface area contributed by atoms with E-state index in [0.717, 1.165) is 16.8 Å². The molecule has 0 aliphatic carbocycles. The molecule has 0 saturated carbocycles. The van der Waals surface area contributed by atoms with Crippen LogP contribution in [0.25, 0.3) is 11.0 Å². The van der Waals surface area contributed by atoms with Crippen molar-refractivity contribution >= 4 is 22.6 Å². The first-order chi connectivity index (χ1) is 11.5. The lowest BCUT2D eigenvalue weighted by Crippen LogP contribution is -2.38. The van der Waals surface area contributed by atoms with Gasteiger partial charge in [0.05, 0.1) is 17.1 Å². The molecule has 0 fully saturated rings. The minimum absolute atomic E-state index is 0.0635. The maximum Gasteiger partial charge on any atom is 0.323 e. The van der Waals surface area contributed by atoms with Crippen LogP contribution in [-0.4, -0.2) is 21.9 Å². The molecule has 0 aliphatic rings. The largest absolute Gasteiger partial charge is 0.374 e. The summed E-state index contributed by atoms with van der Waals surface area (Å²) in [5, 5.41) is 6.14. The van der Waals surface area contributed by atoms with Gasteiger partial charge in [-0.05, 0) is 37.6 Å². The average Bonchev–Trinajstić information content (AvgIpc) is 2.94. The van der Waals surface area contributed by atoms with Crippen LogP contribution in [0.5, 0.6) is 0 Å². The van der Waals surface area contributed by atoms with E-state index in [9.17, 15) is 9.59 Å². The Labute approximate surface area is 139 Å². The lowest BCUT2D eigenvalue weighted by Gasteiger charge is -2.19. The minimum Gasteiger partial charge on any atom is -0.374 e. The molecule has 0 aliphatic heterocycles. The average molecular weight is 324 g/mol. The maximum atomic E-state index is 12.4. The number of aromatic amines is 2. The van der Waals surface area contributed by atoms with Gasteiger partial charge in [-0.15, -0.1) is 0 Å². The summed E-state index contributed by atoms with van der Waals surface area (Å²) in [5.74, 6) is -0.0889. The van der Waals surface area contributed by atoms with Crippen LogP contribution in [0.2, 0.25) is 0 Å². The highest BCUT2D eigenvalue weighted by Gasteiger charge is 2.16. The van der Waals surface area contributed by atoms with Crippen molar-refractivity contribution in [1.82, 2.24) is 15.3 Å². The van der Waals surface area contributed by atoms with E-state index in [2.05, 4.69) is 20.6 Å². The zero-order valence-corrected chi connectivity index (χ0v) is 13.6. The topological polar surface area (TPSA) is 89.8 Å². The second-order valence-corrected chi connectivity index (χ2v) is 5.85. The van der Waals surface area contributed by atoms with E-state index in [1.54, 1.807) is 19.1 Å². The molecule has 0 unspecified atom stereocenters. The summed E-state index contributed by atoms with van der Waals surface area (Å²) in [7, 11) is 0. The predicted molar refractivity (Wildman–Crippen MR) is 95.0 cm³/mol. The van der Waals surface area contributed by atoms with Crippen LogP contribution in [0.4, 0.5) is 5.69 Å². The monoisotopic (exact) mass is 324 g/mol. The van der Waals surface area contributed by atoms with Crippen molar-refractivity contribution in [3.05, 3.63) is 64.6 Å². The first kappa shape index (κ1) is 15.9. The Hall–Kier alpha value is -3.02. The number of carbonyl (C=O) groups excluding carboxylic acids is 1. The molecule has 0 spiro atoms. The fraction of sp³-hybridized carbons (Fsp3) is 0.222. The second-order valence-electron chi connectivity index (χ2n) is 5.85. The fourth-order valence-corrected chi connectivity index (χ4v) is 2.60. The molecule has 1 amide bonds. The zero-order chi connectivity index (χ0) is 17.1. The summed E-state index contributed by atoms with van der Waals surface area (Å²) in [5.41, 5.74) is 3.03. The van der Waals surface area contributed by atoms with Gasteiger partial charge >= 0.3 is 5.69 Å². The third-order valence-corrected chi connectivity index (χ3v) is 3.95. The molecular formula is C18H20N4O2. The number of H-pyrrole nitrogens is 2. The van der Waals surface area contributed by atoms with Crippen LogP contribution in [0.1, 0.15) is 25.5 Å². The van der Waals surface area contributed by atoms with E-state index in [-0.39, 0.29) is 17.6 Å². The number of hydrogen-bond donors (Lipinski definition) is 4. The van der Waals surface area contributed by atoms with Gasteiger partial charge in [-0.25, -0.2) is 4.79 Å². The van der Waals surface area contributed by atoms with Crippen LogP contribution in [-0.2, 0) is 4.79 Å². The van der Waals surface area contributed by atoms with E-state index < -0.39 is 6.04 Å². The summed E-state index contributed by atoms with van der Waals surface area (Å²) in [6.07, 6.45) is 0. The van der Waals surface area contributed by atoms with Crippen molar-refractivity contribution in [3.63, 3.8) is 0 Å². The summed E-state index contributed by atoms with van der Waals surface area (Å²) in [4.78, 5) is 29.0. The summed E-state index contributed by atoms with van der Waals surface area (Å²) >= 11 is 0. The van der Waals surface area contributed by atoms with Gasteiger partial charge in [0.25, 0.3) is 0 Å². The standard InChI is InChI=1S/C18H20N4O2/c1-11(13-6-4-3-5-7-13)20-17(23)12(2)19-14-8-9-15-16(10-14)22-18(24)21-15/h3-12,19H,1-2H3,(H,20,23)(H2,21,22,24)/t11-,12-/m1/s1. The molecule has 4 N–H and O–H groups in total. The molecule has 6 nitrogen and oxygen atoms in total. The third-order valence-electron chi connectivity index (χ3n) is 3.95. The highest BCUT2D eigenvalue weighted by Crippen LogP contribution is 2.16. The lowest BCUT2D eigenvalue weighted by atomic mass is 10.1. The number of anilines is 1. The molecule has 1 aromatic heterocycles. The molecule has 124 valence electrons. The quantitative estimate of drug-likeness (QED) is 0.581. The molecule has 3 aromatic rings. The van der Waals surface area contributed by atoms with E-state index in [0.29, 0.717) is 5.52 Å². The summed E-state index contributed by atoms with van der Waals surface area (Å²) < 4.78 is 0. The van der Waals surface area contributed by atoms with Gasteiger partial charge in [-0.2, -0.15) is 0 Å². The Kier molecular flexibility index (Phi) is 4.37. The number of hydrogen-bond acceptors (Lipinski definition) is 3. The second kappa shape index (κ2) is 6.62. The van der Waals surface area contributed by atoms with Crippen LogP contribution in [0.3, 0.4) is 0 Å². The Morgan fingerprint density at radius 1 is 1.00 bits per heavy atom. The van der Waals surface area contributed by atoms with E-state index in [1.165, 1.54) is 0 Å². The Bertz CT molecular complexity index is 898. The molecule has 2 atom stereocenters. The van der Waals surface area contributed by atoms with E-state index in [1.807, 2.05) is 43.3 Å². The van der Waals surface area contributed by atoms with Gasteiger partial charge in [0.2, 0.25) is 5.91 Å². The van der Waals surface area contributed by atoms with Crippen molar-refractivity contribution in [1.29, 1.82) is 0 Å². The molecular weight excluding hydrogens is 304 g/mol. The van der Waals surface area contributed by atoms with Crippen molar-refractivity contribution in [2.45, 2.75) is 25.9 Å². The van der Waals surface area contributed by atoms with Crippen molar-refractivity contribution in [2.24, 2.45) is 0 Å². The van der Waals surface area contributed by atoms with Crippen LogP contribution >= 0.6 is 0 Å². The first-order valence-electron chi connectivity index (χ1n) is 7.87. The number of imidazole rings is 1. The van der Waals surface area contributed by atoms with Crippen LogP contribution < -0.4 is 16.3 Å². The SMILES string of the molecule is C[C@@H](Nc1ccc2[nH]c(=O)[nH]c2c1)C(=O)N[C@H](C)c1ccccc1. The Balaban J connectivity index is 1.65. The number of benzene rings is 2. The zero-order valence-electron chi connectivity index (χ0n) is 13.6. The Morgan fingerprint density at radius 3 is 2.46 bits per heavy atom. The van der Waals surface area contributed by atoms with Crippen molar-refractivity contribution in [3.8, 4) is 0 Å². The predicted octanol–water partition coefficient (Wildman–Crippen LogP) is 2.53.